The van der Waals surface area contributed by atoms with Gasteiger partial charge in [-0.25, -0.2) is 0 Å². The molecule has 2 aromatic carbocycles. The molecule has 7 heteroatoms. The van der Waals surface area contributed by atoms with E-state index in [2.05, 4.69) is 21.9 Å². The van der Waals surface area contributed by atoms with Gasteiger partial charge < -0.3 is 19.4 Å². The smallest absolute Gasteiger partial charge is 0.253 e. The molecule has 0 spiro atoms. The quantitative estimate of drug-likeness (QED) is 0.720. The molecule has 32 heavy (non-hydrogen) atoms. The lowest BCUT2D eigenvalue weighted by Crippen LogP contribution is -2.50. The summed E-state index contributed by atoms with van der Waals surface area (Å²) in [6.45, 7) is 8.62. The lowest BCUT2D eigenvalue weighted by molar-refractivity contribution is -0.130. The molecule has 0 radical (unpaired) electrons. The molecule has 0 N–H and O–H groups in total. The van der Waals surface area contributed by atoms with Crippen LogP contribution < -0.4 is 9.64 Å². The third-order valence-corrected chi connectivity index (χ3v) is 6.39. The van der Waals surface area contributed by atoms with Crippen LogP contribution in [0.15, 0.2) is 48.5 Å². The van der Waals surface area contributed by atoms with Crippen molar-refractivity contribution in [2.45, 2.75) is 13.5 Å². The van der Waals surface area contributed by atoms with E-state index in [1.54, 1.807) is 18.9 Å². The summed E-state index contributed by atoms with van der Waals surface area (Å²) < 4.78 is 5.51. The highest BCUT2D eigenvalue weighted by atomic mass is 16.5. The van der Waals surface area contributed by atoms with Crippen LogP contribution in [0.3, 0.4) is 0 Å². The largest absolute Gasteiger partial charge is 0.495 e. The van der Waals surface area contributed by atoms with Crippen molar-refractivity contribution in [2.75, 3.05) is 64.4 Å². The van der Waals surface area contributed by atoms with Crippen molar-refractivity contribution < 1.29 is 14.3 Å². The average Bonchev–Trinajstić information content (AvgIpc) is 2.84. The summed E-state index contributed by atoms with van der Waals surface area (Å²) in [4.78, 5) is 32.9. The van der Waals surface area contributed by atoms with Gasteiger partial charge in [-0.3, -0.25) is 14.5 Å². The highest BCUT2D eigenvalue weighted by Crippen LogP contribution is 2.28. The number of piperazine rings is 2. The van der Waals surface area contributed by atoms with Crippen molar-refractivity contribution >= 4 is 17.5 Å². The van der Waals surface area contributed by atoms with Gasteiger partial charge in [0.2, 0.25) is 5.91 Å². The first-order chi connectivity index (χ1) is 15.5. The van der Waals surface area contributed by atoms with Crippen LogP contribution in [0.5, 0.6) is 5.75 Å². The number of para-hydroxylation sites is 2. The zero-order valence-corrected chi connectivity index (χ0v) is 19.0. The number of hydrogen-bond acceptors (Lipinski definition) is 5. The second-order valence-electron chi connectivity index (χ2n) is 8.43. The summed E-state index contributed by atoms with van der Waals surface area (Å²) >= 11 is 0. The summed E-state index contributed by atoms with van der Waals surface area (Å²) in [5, 5.41) is 0. The number of anilines is 1. The van der Waals surface area contributed by atoms with E-state index in [0.717, 1.165) is 55.3 Å². The van der Waals surface area contributed by atoms with Crippen LogP contribution in [-0.2, 0) is 11.3 Å². The van der Waals surface area contributed by atoms with Gasteiger partial charge in [-0.1, -0.05) is 24.3 Å². The molecule has 170 valence electrons. The van der Waals surface area contributed by atoms with Crippen LogP contribution in [0.1, 0.15) is 22.8 Å². The number of carbonyl (C=O) groups is 2. The lowest BCUT2D eigenvalue weighted by Gasteiger charge is -2.36. The molecule has 4 rings (SSSR count). The Labute approximate surface area is 190 Å². The van der Waals surface area contributed by atoms with E-state index < -0.39 is 0 Å². The van der Waals surface area contributed by atoms with Gasteiger partial charge in [-0.05, 0) is 29.8 Å². The van der Waals surface area contributed by atoms with Gasteiger partial charge in [-0.15, -0.1) is 0 Å². The van der Waals surface area contributed by atoms with Crippen molar-refractivity contribution in [2.24, 2.45) is 0 Å². The molecule has 2 aromatic rings. The number of amides is 2. The third-order valence-electron chi connectivity index (χ3n) is 6.39. The summed E-state index contributed by atoms with van der Waals surface area (Å²) in [5.41, 5.74) is 3.03. The van der Waals surface area contributed by atoms with Crippen molar-refractivity contribution in [3.63, 3.8) is 0 Å². The van der Waals surface area contributed by atoms with Crippen LogP contribution in [0.2, 0.25) is 0 Å². The van der Waals surface area contributed by atoms with Crippen molar-refractivity contribution in [1.82, 2.24) is 14.7 Å². The fourth-order valence-corrected chi connectivity index (χ4v) is 4.51. The molecule has 2 heterocycles. The Bertz CT molecular complexity index is 948. The minimum Gasteiger partial charge on any atom is -0.495 e. The fourth-order valence-electron chi connectivity index (χ4n) is 4.51. The number of ether oxygens (including phenoxy) is 1. The van der Waals surface area contributed by atoms with Gasteiger partial charge in [0.05, 0.1) is 12.8 Å². The van der Waals surface area contributed by atoms with E-state index >= 15 is 0 Å². The summed E-state index contributed by atoms with van der Waals surface area (Å²) in [5.74, 6) is 1.04. The highest BCUT2D eigenvalue weighted by molar-refractivity contribution is 5.94. The zero-order chi connectivity index (χ0) is 22.5. The minimum atomic E-state index is 0.0519. The molecule has 0 bridgehead atoms. The molecule has 2 aliphatic heterocycles. The first-order valence-electron chi connectivity index (χ1n) is 11.3. The average molecular weight is 437 g/mol. The lowest BCUT2D eigenvalue weighted by atomic mass is 10.1. The van der Waals surface area contributed by atoms with Gasteiger partial charge in [0.1, 0.15) is 5.75 Å². The number of benzene rings is 2. The van der Waals surface area contributed by atoms with Crippen LogP contribution in [-0.4, -0.2) is 86.0 Å². The number of carbonyl (C=O) groups excluding carboxylic acids is 2. The van der Waals surface area contributed by atoms with Gasteiger partial charge in [0.15, 0.2) is 0 Å². The van der Waals surface area contributed by atoms with Crippen molar-refractivity contribution in [3.8, 4) is 5.75 Å². The summed E-state index contributed by atoms with van der Waals surface area (Å²) in [6, 6.07) is 16.1. The maximum atomic E-state index is 13.0. The Kier molecular flexibility index (Phi) is 6.95. The molecule has 2 saturated heterocycles. The maximum Gasteiger partial charge on any atom is 0.253 e. The number of rotatable bonds is 5. The van der Waals surface area contributed by atoms with E-state index in [1.165, 1.54) is 0 Å². The van der Waals surface area contributed by atoms with E-state index in [9.17, 15) is 9.59 Å². The second kappa shape index (κ2) is 10.0. The standard InChI is InChI=1S/C25H32N4O3/c1-20(30)27-14-16-29(17-15-27)25(31)22-7-5-6-21(18-22)19-26-10-12-28(13-11-26)23-8-3-4-9-24(23)32-2/h3-9,18H,10-17,19H2,1-2H3. The maximum absolute atomic E-state index is 13.0. The molecule has 0 aliphatic carbocycles. The van der Waals surface area contributed by atoms with Gasteiger partial charge in [-0.2, -0.15) is 0 Å². The van der Waals surface area contributed by atoms with E-state index in [0.29, 0.717) is 26.2 Å². The van der Waals surface area contributed by atoms with E-state index in [4.69, 9.17) is 4.74 Å². The molecular formula is C25H32N4O3. The Balaban J connectivity index is 1.33. The Morgan fingerprint density at radius 1 is 0.844 bits per heavy atom. The molecule has 0 saturated carbocycles. The van der Waals surface area contributed by atoms with Crippen LogP contribution in [0, 0.1) is 0 Å². The predicted molar refractivity (Wildman–Crippen MR) is 125 cm³/mol. The predicted octanol–water partition coefficient (Wildman–Crippen LogP) is 2.32. The third kappa shape index (κ3) is 5.05. The number of nitrogens with zero attached hydrogens (tertiary/aromatic N) is 4. The van der Waals surface area contributed by atoms with Crippen LogP contribution in [0.4, 0.5) is 5.69 Å². The van der Waals surface area contributed by atoms with E-state index in [1.807, 2.05) is 41.3 Å². The highest BCUT2D eigenvalue weighted by Gasteiger charge is 2.24. The van der Waals surface area contributed by atoms with Gasteiger partial charge in [0.25, 0.3) is 5.91 Å². The van der Waals surface area contributed by atoms with Gasteiger partial charge >= 0.3 is 0 Å². The van der Waals surface area contributed by atoms with E-state index in [-0.39, 0.29) is 11.8 Å². The number of methoxy groups -OCH3 is 1. The molecule has 2 amide bonds. The fraction of sp³-hybridized carbons (Fsp3) is 0.440. The van der Waals surface area contributed by atoms with Crippen molar-refractivity contribution in [1.29, 1.82) is 0 Å². The van der Waals surface area contributed by atoms with Crippen LogP contribution in [0.25, 0.3) is 0 Å². The second-order valence-corrected chi connectivity index (χ2v) is 8.43. The summed E-state index contributed by atoms with van der Waals surface area (Å²) in [6.07, 6.45) is 0. The molecule has 0 atom stereocenters. The molecule has 7 nitrogen and oxygen atoms in total. The SMILES string of the molecule is COc1ccccc1N1CCN(Cc2cccc(C(=O)N3CCN(C(C)=O)CC3)c2)CC1. The first-order valence-corrected chi connectivity index (χ1v) is 11.3. The normalized spacial score (nSPS) is 17.4. The zero-order valence-electron chi connectivity index (χ0n) is 19.0. The van der Waals surface area contributed by atoms with Crippen LogP contribution >= 0.6 is 0 Å². The molecule has 2 aliphatic rings. The minimum absolute atomic E-state index is 0.0519. The monoisotopic (exact) mass is 436 g/mol. The molecule has 2 fully saturated rings. The first kappa shape index (κ1) is 22.1. The van der Waals surface area contributed by atoms with Crippen molar-refractivity contribution in [3.05, 3.63) is 59.7 Å². The molecular weight excluding hydrogens is 404 g/mol. The number of hydrogen-bond donors (Lipinski definition) is 0. The Morgan fingerprint density at radius 2 is 1.53 bits per heavy atom. The Morgan fingerprint density at radius 3 is 2.22 bits per heavy atom. The van der Waals surface area contributed by atoms with Gasteiger partial charge in [0, 0.05) is 71.4 Å². The molecule has 0 unspecified atom stereocenters. The summed E-state index contributed by atoms with van der Waals surface area (Å²) in [7, 11) is 1.71. The molecule has 0 aromatic heterocycles. The Hall–Kier alpha value is -3.06. The topological polar surface area (TPSA) is 56.3 Å².